The van der Waals surface area contributed by atoms with Crippen LogP contribution >= 0.6 is 0 Å². The molecular weight excluding hydrogens is 1370 g/mol. The highest BCUT2D eigenvalue weighted by molar-refractivity contribution is 4.22. The highest BCUT2D eigenvalue weighted by Crippen LogP contribution is 1.98. The van der Waals surface area contributed by atoms with E-state index in [2.05, 4.69) is 501 Å². The average Bonchev–Trinajstić information content (AvgIpc) is 3.63. The molecule has 0 aliphatic rings. The summed E-state index contributed by atoms with van der Waals surface area (Å²) in [5, 5.41) is 285. The van der Waals surface area contributed by atoms with E-state index in [4.69, 9.17) is 11.1 Å². The van der Waals surface area contributed by atoms with Crippen molar-refractivity contribution >= 4 is 0 Å². The van der Waals surface area contributed by atoms with Crippen molar-refractivity contribution in [1.29, 1.82) is 11.1 Å². The molecule has 0 saturated carbocycles. The lowest BCUT2D eigenvalue weighted by atomic mass is 12.3. The molecule has 0 aromatic heterocycles. The zero-order valence-electron chi connectivity index (χ0n) is 43.9. The van der Waals surface area contributed by atoms with Crippen LogP contribution in [0, 0.1) is 11.1 Å². The first-order valence-electron chi connectivity index (χ1n) is 19.4. The van der Waals surface area contributed by atoms with Gasteiger partial charge >= 0.3 is 0 Å². The van der Waals surface area contributed by atoms with E-state index in [1.165, 1.54) is 0 Å². The van der Waals surface area contributed by atoms with E-state index in [9.17, 15) is 0 Å². The molecule has 98 heavy (non-hydrogen) atoms. The molecule has 0 fully saturated rings. The minimum absolute atomic E-state index is 2.50. The topological polar surface area (TPSA) is 1230 Å². The Morgan fingerprint density at radius 1 is 0.0510 bits per heavy atom. The lowest BCUT2D eigenvalue weighted by molar-refractivity contribution is 0.723. The summed E-state index contributed by atoms with van der Waals surface area (Å²) >= 11 is 0. The largest absolute Gasteiger partial charge is 0.183 e. The van der Waals surface area contributed by atoms with Gasteiger partial charge in [-0.2, -0.15) is 11.1 Å². The molecule has 492 valence electrons. The number of hydrogen-bond acceptors (Lipinski definition) is 2. The first kappa shape index (κ1) is 78.4. The highest BCUT2D eigenvalue weighted by Gasteiger charge is 1.80. The maximum absolute atomic E-state index is 6.27. The predicted octanol–water partition coefficient (Wildman–Crippen LogP) is 18.2. The molecule has 98 heteroatoms. The van der Waals surface area contributed by atoms with Gasteiger partial charge in [-0.3, -0.25) is 0 Å². The molecule has 98 nitrogen and oxygen atoms in total. The Balaban J connectivity index is 4.12. The Kier molecular flexibility index (Phi) is 61.9. The summed E-state index contributed by atoms with van der Waals surface area (Å²) in [4.78, 5) is 0. The van der Waals surface area contributed by atoms with Gasteiger partial charge < -0.3 is 0 Å². The minimum atomic E-state index is 2.50. The van der Waals surface area contributed by atoms with Crippen molar-refractivity contribution in [3.8, 4) is 0 Å². The zero-order valence-corrected chi connectivity index (χ0v) is 43.9. The molecule has 2 N–H and O–H groups in total. The van der Waals surface area contributed by atoms with E-state index < -0.39 is 0 Å². The van der Waals surface area contributed by atoms with Crippen LogP contribution < -0.4 is 0 Å². The van der Waals surface area contributed by atoms with Gasteiger partial charge in [-0.15, -0.1) is 0 Å². The highest BCUT2D eigenvalue weighted by atomic mass is 15.8. The Morgan fingerprint density at radius 2 is 0.0816 bits per heavy atom. The molecule has 0 amide bonds. The third-order valence-corrected chi connectivity index (χ3v) is 3.81. The van der Waals surface area contributed by atoms with Crippen LogP contribution in [-0.2, 0) is 0 Å². The van der Waals surface area contributed by atoms with Crippen LogP contribution in [-0.4, -0.2) is 0 Å². The van der Waals surface area contributed by atoms with Crippen LogP contribution in [0.15, 0.2) is 501 Å². The molecule has 0 spiro atoms. The van der Waals surface area contributed by atoms with Crippen molar-refractivity contribution in [3.63, 3.8) is 0 Å². The van der Waals surface area contributed by atoms with Gasteiger partial charge in [-0.05, 0) is 83.6 Å². The van der Waals surface area contributed by atoms with Gasteiger partial charge in [-0.25, -0.2) is 0 Å². The Labute approximate surface area is 512 Å². The normalized spacial score (nSPS) is 15.6. The minimum Gasteiger partial charge on any atom is -0.183 e. The summed E-state index contributed by atoms with van der Waals surface area (Å²) in [7, 11) is 0. The van der Waals surface area contributed by atoms with Crippen molar-refractivity contribution in [2.45, 2.75) is 0 Å². The molecule has 0 aromatic carbocycles. The molecule has 0 bridgehead atoms. The van der Waals surface area contributed by atoms with E-state index >= 15 is 0 Å². The molecule has 0 radical (unpaired) electrons. The first-order valence-corrected chi connectivity index (χ1v) is 19.4. The van der Waals surface area contributed by atoms with Crippen LogP contribution in [0.5, 0.6) is 0 Å². The summed E-state index contributed by atoms with van der Waals surface area (Å²) < 4.78 is 0. The molecule has 0 aliphatic heterocycles. The molecule has 0 atom stereocenters. The van der Waals surface area contributed by atoms with E-state index in [1.54, 1.807) is 0 Å². The summed E-state index contributed by atoms with van der Waals surface area (Å²) in [5.74, 6) is 0. The first-order chi connectivity index (χ1) is 48.9. The van der Waals surface area contributed by atoms with E-state index in [-0.39, 0.29) is 0 Å². The fraction of sp³-hybridized carbons (Fsp3) is 0. The van der Waals surface area contributed by atoms with Crippen LogP contribution in [0.3, 0.4) is 0 Å². The monoisotopic (exact) mass is 1370 g/mol. The summed E-state index contributed by atoms with van der Waals surface area (Å²) in [6, 6.07) is 0. The van der Waals surface area contributed by atoms with Gasteiger partial charge in [0.15, 0.2) is 0 Å². The fourth-order valence-electron chi connectivity index (χ4n) is 1.69. The molecule has 0 heterocycles. The van der Waals surface area contributed by atoms with Crippen LogP contribution in [0.4, 0.5) is 0 Å². The Bertz CT molecular complexity index is 3380. The number of hydrogen-bond donors (Lipinski definition) is 2. The molecule has 0 unspecified atom stereocenters. The predicted molar refractivity (Wildman–Crippen MR) is 239 cm³/mol. The number of nitrogens with one attached hydrogen (secondary N) is 2. The van der Waals surface area contributed by atoms with Gasteiger partial charge in [0.1, 0.15) is 0 Å². The van der Waals surface area contributed by atoms with E-state index in [0.717, 1.165) is 0 Å². The van der Waals surface area contributed by atoms with Crippen LogP contribution in [0.25, 0.3) is 0 Å². The van der Waals surface area contributed by atoms with Gasteiger partial charge in [0.25, 0.3) is 0 Å². The van der Waals surface area contributed by atoms with Crippen LogP contribution in [0.1, 0.15) is 0 Å². The van der Waals surface area contributed by atoms with E-state index in [1.807, 2.05) is 0 Å². The third kappa shape index (κ3) is 76.4. The number of rotatable bonds is 48. The van der Waals surface area contributed by atoms with Crippen molar-refractivity contribution in [1.82, 2.24) is 0 Å². The molecule has 0 saturated heterocycles. The fourth-order valence-corrected chi connectivity index (χ4v) is 1.69. The van der Waals surface area contributed by atoms with Crippen molar-refractivity contribution in [2.24, 2.45) is 501 Å². The second-order valence-electron chi connectivity index (χ2n) is 8.61. The second-order valence-corrected chi connectivity index (χ2v) is 8.61. The van der Waals surface area contributed by atoms with Gasteiger partial charge in [0, 0.05) is 418 Å². The average molecular weight is 1370 g/mol. The van der Waals surface area contributed by atoms with Gasteiger partial charge in [0.05, 0.1) is 0 Å². The maximum Gasteiger partial charge on any atom is 0 e. The van der Waals surface area contributed by atoms with Crippen LogP contribution in [0.2, 0.25) is 0 Å². The Hall–Kier alpha value is -19.6. The lowest BCUT2D eigenvalue weighted by Crippen LogP contribution is -1.52. The summed E-state index contributed by atoms with van der Waals surface area (Å²) in [5.41, 5.74) is 12.5. The second kappa shape index (κ2) is 77.4. The van der Waals surface area contributed by atoms with Crippen molar-refractivity contribution < 1.29 is 0 Å². The smallest absolute Gasteiger partial charge is 0 e. The third-order valence-electron chi connectivity index (χ3n) is 3.81. The maximum atomic E-state index is 6.27. The van der Waals surface area contributed by atoms with Crippen molar-refractivity contribution in [3.05, 3.63) is 0 Å². The summed E-state index contributed by atoms with van der Waals surface area (Å²) in [6.45, 7) is 0. The standard InChI is InChI=1S/H2N98/c1-3-5-7-9-11-13-15-17-19-21-23-25-27-29-31-33-35-37-39-41-43-45-47-49-51-53-55-57-59-61-63-65-67-69-71-73-75-77-79-81-83-85-87-89-91-93-95-97-98-96-94-92-90-88-86-84-82-80-78-76-74-72-70-68-66-64-62-60-58-56-54-52-50-48-46-44-42-40-38-36-34-32-30-28-26-24-22-20-18-16-14-12-10-8-6-4-2/h1-2H/b3-1?,4-2?,7-5+,8-6+,11-9+,12-10+,15-13+,16-14+,19-17+,20-18+,23-21+,24-22+,27-25+,28-26+,31-29+,32-30+,35-33+,36-34+,39-37+,40-38+,43-41+,44-42+,47-45+,48-46+,51-49+,52-50+,55-53+,56-54+,59-57+,60-58+,63-61+,64-62+,67-65+,68-66+,71-69+,72-70+,75-73+,76-74+,79-77+,80-78+,83-81+,84-82+,87-85+,88-86+,91-89+,92-90+,95-93+,96-94+,98-97+. The Morgan fingerprint density at radius 3 is 0.112 bits per heavy atom. The molecule has 0 aromatic rings. The lowest BCUT2D eigenvalue weighted by Gasteiger charge is -1.71. The van der Waals surface area contributed by atoms with E-state index in [0.29, 0.717) is 0 Å². The zero-order chi connectivity index (χ0) is 69.9. The molecular formula is H2N98. The molecule has 0 rings (SSSR count). The summed E-state index contributed by atoms with van der Waals surface area (Å²) in [6.07, 6.45) is 0. The quantitative estimate of drug-likeness (QED) is 0.0424. The van der Waals surface area contributed by atoms with Gasteiger partial charge in [0.2, 0.25) is 0 Å². The number of nitrogens with zero attached hydrogens (tertiary/aromatic N) is 96. The van der Waals surface area contributed by atoms with Gasteiger partial charge in [-0.1, -0.05) is 0 Å². The SMILES string of the molecule is N=N/N=N/N=N/N=N/N=N/N=N/N=N/N=N/N=N/N=N/N=N/N=N/N=N/N=N/N=N/N=N/N=N/N=N/N=N/N=N/N=N/N=N/N=N/N=N/N=N/N=N/N=N/N=N/N=N/N=N/N=N/N=N/N=N/N=N/N=N/N=N/N=N/N=N/N=N/N=N/N=N/N=N/N=N/N=N/N=N/N=N/N=N/N=N/N=N. The molecule has 0 aliphatic carbocycles. The van der Waals surface area contributed by atoms with Crippen molar-refractivity contribution in [2.75, 3.05) is 0 Å².